The van der Waals surface area contributed by atoms with E-state index in [1.165, 1.54) is 143 Å². The average molecular weight is 1080 g/mol. The Morgan fingerprint density at radius 3 is 0.524 bits per heavy atom. The van der Waals surface area contributed by atoms with E-state index in [1.807, 2.05) is 0 Å². The standard InChI is InChI=1S/C72H36.2C4H8O2/c1-2-44-8-14-50-20-26-56-33-34-58-28-22-52-16-10-46(40-64(52)70(58)68(56)62(50)38-44)5-6-48-12-18-54-24-30-60-36-35-59-29-23-53-17-11-47(41-65(53)71(59)72(60)66(54)42-48)4-3-45-9-15-51-21-27-57-32-31-55-25-19-49-13-7-43(1)37-61(49)67(55)69(57)63(51)39-45;2*1-3-6-4(2)5/h7-42H;2*3H2,1-2H3. The van der Waals surface area contributed by atoms with Gasteiger partial charge in [-0.3, -0.25) is 9.59 Å². The van der Waals surface area contributed by atoms with Crippen molar-refractivity contribution >= 4 is 174 Å². The molecule has 0 amide bonds. The normalized spacial score (nSPS) is 11.2. The fraction of sp³-hybridized carbons (Fsp3) is 0.0750. The first-order chi connectivity index (χ1) is 41.1. The zero-order chi connectivity index (χ0) is 57.0. The van der Waals surface area contributed by atoms with Crippen molar-refractivity contribution < 1.29 is 19.1 Å². The Bertz CT molecular complexity index is 4650. The molecule has 16 rings (SSSR count). The lowest BCUT2D eigenvalue weighted by molar-refractivity contribution is -0.141. The minimum Gasteiger partial charge on any atom is -0.466 e. The van der Waals surface area contributed by atoms with Crippen molar-refractivity contribution in [2.24, 2.45) is 0 Å². The summed E-state index contributed by atoms with van der Waals surface area (Å²) in [4.78, 5) is 19.6. The molecule has 0 saturated heterocycles. The van der Waals surface area contributed by atoms with E-state index in [0.29, 0.717) is 13.2 Å². The number of ether oxygens (including phenoxy) is 2. The number of esters is 2. The molecule has 396 valence electrons. The number of carbonyl (C=O) groups is 2. The van der Waals surface area contributed by atoms with Gasteiger partial charge in [-0.25, -0.2) is 0 Å². The van der Waals surface area contributed by atoms with E-state index in [-0.39, 0.29) is 11.9 Å². The largest absolute Gasteiger partial charge is 0.466 e. The molecule has 0 saturated carbocycles. The second kappa shape index (κ2) is 21.2. The smallest absolute Gasteiger partial charge is 0.302 e. The van der Waals surface area contributed by atoms with Crippen LogP contribution in [0.15, 0.2) is 218 Å². The van der Waals surface area contributed by atoms with Gasteiger partial charge in [0, 0.05) is 46.2 Å². The minimum atomic E-state index is -0.211. The molecule has 0 aliphatic carbocycles. The SMILES string of the molecule is CCOC(C)=O.CCOC(C)=O.c1c2ccc3ccc4ccc5ccc6ccc(c#cc7ccc8ccc9ccc%10ccc%11ccc(c#cc%12ccc%13ccc%14ccc%15ccc%16ccc(c#1)cc%16c%15c%14c%13c%12)cc%11c%10c9c8c7)cc6c5c4c3c2. The van der Waals surface area contributed by atoms with Crippen LogP contribution in [0.5, 0.6) is 0 Å². The first kappa shape index (κ1) is 51.2. The molecule has 16 aromatic rings. The Balaban J connectivity index is 0.000000477. The van der Waals surface area contributed by atoms with Crippen molar-refractivity contribution in [2.45, 2.75) is 27.7 Å². The van der Waals surface area contributed by atoms with Crippen LogP contribution >= 0.6 is 0 Å². The maximum absolute atomic E-state index is 9.82. The highest BCUT2D eigenvalue weighted by molar-refractivity contribution is 6.31. The van der Waals surface area contributed by atoms with Gasteiger partial charge >= 0.3 is 11.9 Å². The molecule has 0 spiro atoms. The molecule has 0 aliphatic heterocycles. The Kier molecular flexibility index (Phi) is 12.9. The van der Waals surface area contributed by atoms with E-state index >= 15 is 0 Å². The van der Waals surface area contributed by atoms with Gasteiger partial charge in [0.05, 0.1) is 13.2 Å². The lowest BCUT2D eigenvalue weighted by Crippen LogP contribution is -1.95. The first-order valence-corrected chi connectivity index (χ1v) is 28.4. The Labute approximate surface area is 485 Å². The van der Waals surface area contributed by atoms with Gasteiger partial charge in [0.25, 0.3) is 0 Å². The molecule has 0 radical (unpaired) electrons. The fourth-order valence-electron chi connectivity index (χ4n) is 12.4. The van der Waals surface area contributed by atoms with Crippen LogP contribution in [0.2, 0.25) is 0 Å². The maximum atomic E-state index is 9.82. The second-order valence-corrected chi connectivity index (χ2v) is 21.4. The molecule has 0 N–H and O–H groups in total. The van der Waals surface area contributed by atoms with Gasteiger partial charge in [-0.05, 0) is 216 Å². The third-order valence-electron chi connectivity index (χ3n) is 16.1. The Hall–Kier alpha value is -11.0. The molecule has 0 atom stereocenters. The Morgan fingerprint density at radius 1 is 0.250 bits per heavy atom. The van der Waals surface area contributed by atoms with Crippen molar-refractivity contribution in [3.05, 3.63) is 255 Å². The highest BCUT2D eigenvalue weighted by Crippen LogP contribution is 2.41. The fourth-order valence-corrected chi connectivity index (χ4v) is 12.4. The van der Waals surface area contributed by atoms with Crippen LogP contribution in [0.25, 0.3) is 162 Å². The molecule has 12 bridgehead atoms. The van der Waals surface area contributed by atoms with Crippen LogP contribution < -0.4 is 0 Å². The summed E-state index contributed by atoms with van der Waals surface area (Å²) in [5.41, 5.74) is 0. The van der Waals surface area contributed by atoms with Gasteiger partial charge in [0.2, 0.25) is 0 Å². The van der Waals surface area contributed by atoms with Crippen LogP contribution in [-0.2, 0) is 19.1 Å². The quantitative estimate of drug-likeness (QED) is 0.128. The van der Waals surface area contributed by atoms with Crippen molar-refractivity contribution in [2.75, 3.05) is 13.2 Å². The van der Waals surface area contributed by atoms with Gasteiger partial charge < -0.3 is 9.47 Å². The third-order valence-corrected chi connectivity index (χ3v) is 16.1. The van der Waals surface area contributed by atoms with Crippen LogP contribution in [0.1, 0.15) is 27.7 Å². The summed E-state index contributed by atoms with van der Waals surface area (Å²) in [5.74, 6) is -0.421. The van der Waals surface area contributed by atoms with Crippen LogP contribution in [0.4, 0.5) is 0 Å². The molecule has 0 aromatic heterocycles. The number of hydrogen-bond acceptors (Lipinski definition) is 4. The van der Waals surface area contributed by atoms with Gasteiger partial charge in [-0.1, -0.05) is 182 Å². The van der Waals surface area contributed by atoms with Gasteiger partial charge in [-0.15, -0.1) is 0 Å². The molecule has 16 aromatic carbocycles. The van der Waals surface area contributed by atoms with Crippen molar-refractivity contribution in [3.63, 3.8) is 0 Å². The van der Waals surface area contributed by atoms with Crippen LogP contribution in [0, 0.1) is 36.4 Å². The summed E-state index contributed by atoms with van der Waals surface area (Å²) in [6, 6.07) is 102. The summed E-state index contributed by atoms with van der Waals surface area (Å²) in [7, 11) is 0. The molecule has 0 fully saturated rings. The zero-order valence-corrected chi connectivity index (χ0v) is 46.8. The summed E-state index contributed by atoms with van der Waals surface area (Å²) >= 11 is 0. The predicted molar refractivity (Wildman–Crippen MR) is 353 cm³/mol. The minimum absolute atomic E-state index is 0.211. The van der Waals surface area contributed by atoms with Gasteiger partial charge in [0.15, 0.2) is 0 Å². The van der Waals surface area contributed by atoms with Crippen molar-refractivity contribution in [1.29, 1.82) is 0 Å². The first-order valence-electron chi connectivity index (χ1n) is 28.4. The lowest BCUT2D eigenvalue weighted by Gasteiger charge is -2.11. The van der Waals surface area contributed by atoms with E-state index in [9.17, 15) is 9.59 Å². The number of rotatable bonds is 2. The Morgan fingerprint density at radius 2 is 0.393 bits per heavy atom. The lowest BCUT2D eigenvalue weighted by atomic mass is 9.92. The van der Waals surface area contributed by atoms with Crippen LogP contribution in [-0.4, -0.2) is 25.2 Å². The van der Waals surface area contributed by atoms with Crippen molar-refractivity contribution in [3.8, 4) is 0 Å². The molecular formula is C80H52O4. The zero-order valence-electron chi connectivity index (χ0n) is 46.8. The summed E-state index contributed by atoms with van der Waals surface area (Å²) in [6.07, 6.45) is 0. The van der Waals surface area contributed by atoms with Crippen LogP contribution in [0.3, 0.4) is 0 Å². The van der Waals surface area contributed by atoms with E-state index in [2.05, 4.69) is 264 Å². The number of hydrogen-bond donors (Lipinski definition) is 0. The molecule has 84 heavy (non-hydrogen) atoms. The summed E-state index contributed by atoms with van der Waals surface area (Å²) in [5, 5.41) is 34.8. The highest BCUT2D eigenvalue weighted by atomic mass is 16.5. The van der Waals surface area contributed by atoms with Gasteiger partial charge in [-0.2, -0.15) is 0 Å². The second-order valence-electron chi connectivity index (χ2n) is 21.4. The van der Waals surface area contributed by atoms with E-state index in [0.717, 1.165) is 32.3 Å². The topological polar surface area (TPSA) is 52.6 Å². The molecule has 0 unspecified atom stereocenters. The van der Waals surface area contributed by atoms with E-state index in [1.54, 1.807) is 13.8 Å². The molecule has 0 aliphatic rings. The maximum Gasteiger partial charge on any atom is 0.302 e. The number of fused-ring (bicyclic) bond motifs is 6. The number of carbonyl (C=O) groups excluding carboxylic acids is 2. The van der Waals surface area contributed by atoms with E-state index in [4.69, 9.17) is 0 Å². The van der Waals surface area contributed by atoms with Crippen molar-refractivity contribution in [1.82, 2.24) is 0 Å². The highest BCUT2D eigenvalue weighted by Gasteiger charge is 2.13. The molecule has 4 nitrogen and oxygen atoms in total. The number of benzene rings is 15. The van der Waals surface area contributed by atoms with Gasteiger partial charge in [0.1, 0.15) is 0 Å². The monoisotopic (exact) mass is 1080 g/mol. The molecule has 0 heterocycles. The van der Waals surface area contributed by atoms with E-state index < -0.39 is 0 Å². The predicted octanol–water partition coefficient (Wildman–Crippen LogP) is 20.6. The average Bonchev–Trinajstić information content (AvgIpc) is 1.91. The third kappa shape index (κ3) is 9.35. The summed E-state index contributed by atoms with van der Waals surface area (Å²) in [6.45, 7) is 7.31. The molecular weight excluding hydrogens is 1020 g/mol. The molecule has 4 heteroatoms. The summed E-state index contributed by atoms with van der Waals surface area (Å²) < 4.78 is 8.81.